The van der Waals surface area contributed by atoms with Crippen molar-refractivity contribution in [3.05, 3.63) is 40.8 Å². The number of anilines is 1. The van der Waals surface area contributed by atoms with Gasteiger partial charge < -0.3 is 24.6 Å². The van der Waals surface area contributed by atoms with Gasteiger partial charge in [0.05, 0.1) is 18.2 Å². The molecular weight excluding hydrogens is 516 g/mol. The average molecular weight is 541 g/mol. The highest BCUT2D eigenvalue weighted by atomic mass is 19.4. The number of halogens is 4. The number of alkyl halides is 3. The molecule has 12 heteroatoms. The highest BCUT2D eigenvalue weighted by molar-refractivity contribution is 6.06. The Kier molecular flexibility index (Phi) is 5.62. The van der Waals surface area contributed by atoms with E-state index in [9.17, 15) is 23.5 Å². The first-order chi connectivity index (χ1) is 18.5. The number of nitrogens with zero attached hydrogens (tertiary/aromatic N) is 5. The number of rotatable bonds is 3. The molecule has 0 radical (unpaired) electrons. The van der Waals surface area contributed by atoms with Crippen LogP contribution in [0.4, 0.5) is 23.4 Å². The predicted octanol–water partition coefficient (Wildman–Crippen LogP) is 4.78. The van der Waals surface area contributed by atoms with Gasteiger partial charge in [-0.1, -0.05) is 0 Å². The molecule has 202 valence electrons. The van der Waals surface area contributed by atoms with Crippen molar-refractivity contribution >= 4 is 27.6 Å². The third-order valence-corrected chi connectivity index (χ3v) is 7.89. The van der Waals surface area contributed by atoms with E-state index in [1.807, 2.05) is 11.0 Å². The summed E-state index contributed by atoms with van der Waals surface area (Å²) in [6, 6.07) is 5.66. The fraction of sp³-hybridized carbons (Fsp3) is 0.370. The third kappa shape index (κ3) is 3.75. The molecule has 2 N–H and O–H groups in total. The Bertz CT molecular complexity index is 1700. The van der Waals surface area contributed by atoms with Crippen LogP contribution in [0.1, 0.15) is 29.7 Å². The van der Waals surface area contributed by atoms with Crippen molar-refractivity contribution in [1.82, 2.24) is 19.9 Å². The molecule has 2 aromatic carbocycles. The van der Waals surface area contributed by atoms with Crippen LogP contribution in [0, 0.1) is 24.1 Å². The topological polar surface area (TPSA) is 99.2 Å². The summed E-state index contributed by atoms with van der Waals surface area (Å²) in [6.45, 7) is 2.55. The number of fused-ring (bicyclic) bond motifs is 4. The van der Waals surface area contributed by atoms with Crippen LogP contribution in [-0.2, 0) is 13.2 Å². The third-order valence-electron chi connectivity index (χ3n) is 7.89. The number of aromatic hydroxyl groups is 1. The SMILES string of the molecule is COc1nc(N2CC3CC[C@@H](C2)N3)c2cc(C(F)(F)F)c(-c3c(C)n(C)c4ccc(O)c(C#N)c34)c(F)c2n1. The Morgan fingerprint density at radius 1 is 1.15 bits per heavy atom. The van der Waals surface area contributed by atoms with Gasteiger partial charge in [0.15, 0.2) is 5.82 Å². The van der Waals surface area contributed by atoms with Gasteiger partial charge in [0, 0.05) is 59.8 Å². The number of hydrogen-bond donors (Lipinski definition) is 2. The van der Waals surface area contributed by atoms with Crippen LogP contribution in [0.25, 0.3) is 32.9 Å². The molecule has 39 heavy (non-hydrogen) atoms. The van der Waals surface area contributed by atoms with E-state index < -0.39 is 28.9 Å². The maximum absolute atomic E-state index is 16.6. The largest absolute Gasteiger partial charge is 0.507 e. The zero-order valence-electron chi connectivity index (χ0n) is 21.3. The van der Waals surface area contributed by atoms with Gasteiger partial charge in [0.1, 0.15) is 28.7 Å². The van der Waals surface area contributed by atoms with Crippen LogP contribution < -0.4 is 15.0 Å². The van der Waals surface area contributed by atoms with Crippen molar-refractivity contribution in [2.75, 3.05) is 25.1 Å². The van der Waals surface area contributed by atoms with E-state index in [-0.39, 0.29) is 57.0 Å². The van der Waals surface area contributed by atoms with Crippen LogP contribution in [-0.4, -0.2) is 51.9 Å². The molecule has 2 saturated heterocycles. The van der Waals surface area contributed by atoms with E-state index in [0.29, 0.717) is 18.6 Å². The van der Waals surface area contributed by atoms with Crippen LogP contribution in [0.5, 0.6) is 11.8 Å². The van der Waals surface area contributed by atoms with Crippen molar-refractivity contribution in [2.24, 2.45) is 7.05 Å². The molecule has 2 aromatic heterocycles. The smallest absolute Gasteiger partial charge is 0.417 e. The van der Waals surface area contributed by atoms with Crippen molar-refractivity contribution < 1.29 is 27.4 Å². The second-order valence-electron chi connectivity index (χ2n) is 10.1. The second kappa shape index (κ2) is 8.71. The quantitative estimate of drug-likeness (QED) is 0.361. The number of nitrogens with one attached hydrogen (secondary N) is 1. The fourth-order valence-electron chi connectivity index (χ4n) is 6.02. The van der Waals surface area contributed by atoms with Crippen LogP contribution in [0.2, 0.25) is 0 Å². The lowest BCUT2D eigenvalue weighted by Gasteiger charge is -2.34. The van der Waals surface area contributed by atoms with Crippen LogP contribution in [0.3, 0.4) is 0 Å². The van der Waals surface area contributed by atoms with Crippen LogP contribution >= 0.6 is 0 Å². The second-order valence-corrected chi connectivity index (χ2v) is 10.1. The lowest BCUT2D eigenvalue weighted by Crippen LogP contribution is -2.51. The summed E-state index contributed by atoms with van der Waals surface area (Å²) in [6.07, 6.45) is -3.09. The molecule has 8 nitrogen and oxygen atoms in total. The minimum atomic E-state index is -4.96. The maximum Gasteiger partial charge on any atom is 0.417 e. The van der Waals surface area contributed by atoms with Gasteiger partial charge in [-0.25, -0.2) is 4.39 Å². The number of nitriles is 1. The molecule has 6 rings (SSSR count). The van der Waals surface area contributed by atoms with Gasteiger partial charge in [-0.3, -0.25) is 0 Å². The lowest BCUT2D eigenvalue weighted by molar-refractivity contribution is -0.137. The number of piperazine rings is 1. The lowest BCUT2D eigenvalue weighted by atomic mass is 9.92. The number of ether oxygens (including phenoxy) is 1. The molecule has 1 unspecified atom stereocenters. The summed E-state index contributed by atoms with van der Waals surface area (Å²) in [4.78, 5) is 10.4. The number of benzene rings is 2. The van der Waals surface area contributed by atoms with E-state index >= 15 is 4.39 Å². The minimum absolute atomic E-state index is 0.0289. The first-order valence-electron chi connectivity index (χ1n) is 12.4. The summed E-state index contributed by atoms with van der Waals surface area (Å²) in [5, 5.41) is 23.5. The monoisotopic (exact) mass is 540 g/mol. The summed E-state index contributed by atoms with van der Waals surface area (Å²) < 4.78 is 67.6. The normalized spacial score (nSPS) is 19.2. The van der Waals surface area contributed by atoms with Gasteiger partial charge in [0.2, 0.25) is 0 Å². The highest BCUT2D eigenvalue weighted by Crippen LogP contribution is 2.48. The molecule has 2 aliphatic heterocycles. The molecule has 0 aliphatic carbocycles. The van der Waals surface area contributed by atoms with E-state index in [1.165, 1.54) is 19.2 Å². The fourth-order valence-corrected chi connectivity index (χ4v) is 6.02. The Labute approximate surface area is 220 Å². The molecule has 2 atom stereocenters. The number of aromatic nitrogens is 3. The Morgan fingerprint density at radius 2 is 1.85 bits per heavy atom. The summed E-state index contributed by atoms with van der Waals surface area (Å²) in [5.41, 5.74) is -1.99. The van der Waals surface area contributed by atoms with Crippen molar-refractivity contribution in [1.29, 1.82) is 5.26 Å². The molecule has 4 aromatic rings. The zero-order valence-corrected chi connectivity index (χ0v) is 21.3. The standard InChI is InChI=1S/C27H24F4N6O2/c1-12-20(21-16(9-32)19(38)7-6-18(21)36(12)2)22-17(27(29,30)31)8-15-24(23(22)28)34-26(39-3)35-25(15)37-10-13-4-5-14(11-37)33-13/h6-8,13-14,33,38H,4-5,10-11H2,1-3H3/t13-,14?/m0/s1. The van der Waals surface area contributed by atoms with Gasteiger partial charge >= 0.3 is 12.2 Å². The van der Waals surface area contributed by atoms with Crippen LogP contribution in [0.15, 0.2) is 18.2 Å². The number of aryl methyl sites for hydroxylation is 1. The predicted molar refractivity (Wildman–Crippen MR) is 136 cm³/mol. The van der Waals surface area contributed by atoms with E-state index in [2.05, 4.69) is 15.3 Å². The molecule has 2 aliphatic rings. The van der Waals surface area contributed by atoms with Gasteiger partial charge in [-0.2, -0.15) is 28.4 Å². The molecule has 4 heterocycles. The van der Waals surface area contributed by atoms with Gasteiger partial charge in [0.25, 0.3) is 0 Å². The van der Waals surface area contributed by atoms with Gasteiger partial charge in [-0.15, -0.1) is 0 Å². The highest BCUT2D eigenvalue weighted by Gasteiger charge is 2.40. The number of phenols is 1. The Morgan fingerprint density at radius 3 is 2.46 bits per heavy atom. The molecule has 2 fully saturated rings. The summed E-state index contributed by atoms with van der Waals surface area (Å²) in [7, 11) is 2.92. The van der Waals surface area contributed by atoms with Crippen molar-refractivity contribution in [3.8, 4) is 29.0 Å². The van der Waals surface area contributed by atoms with E-state index in [4.69, 9.17) is 4.74 Å². The number of hydrogen-bond acceptors (Lipinski definition) is 7. The van der Waals surface area contributed by atoms with Crippen molar-refractivity contribution in [3.63, 3.8) is 0 Å². The first kappa shape index (κ1) is 25.2. The summed E-state index contributed by atoms with van der Waals surface area (Å²) >= 11 is 0. The molecule has 0 spiro atoms. The first-order valence-corrected chi connectivity index (χ1v) is 12.4. The van der Waals surface area contributed by atoms with E-state index in [1.54, 1.807) is 18.5 Å². The average Bonchev–Trinajstić information content (AvgIpc) is 3.37. The number of methoxy groups -OCH3 is 1. The Balaban J connectivity index is 1.72. The molecule has 2 bridgehead atoms. The molecule has 0 saturated carbocycles. The minimum Gasteiger partial charge on any atom is -0.507 e. The molecule has 0 amide bonds. The van der Waals surface area contributed by atoms with Gasteiger partial charge in [-0.05, 0) is 38.0 Å². The van der Waals surface area contributed by atoms with E-state index in [0.717, 1.165) is 18.9 Å². The van der Waals surface area contributed by atoms with Crippen molar-refractivity contribution in [2.45, 2.75) is 38.0 Å². The zero-order chi connectivity index (χ0) is 27.8. The summed E-state index contributed by atoms with van der Waals surface area (Å²) in [5.74, 6) is -1.44. The molecular formula is C27H24F4N6O2. The maximum atomic E-state index is 16.6. The number of phenolic OH excluding ortho intramolecular Hbond substituents is 1. The Hall–Kier alpha value is -4.11.